The maximum Gasteiger partial charge on any atom is 0.319 e. The highest BCUT2D eigenvalue weighted by atomic mass is 32.3. The molecule has 1 aliphatic carbocycles. The first kappa shape index (κ1) is 21.4. The number of benzene rings is 1. The molecule has 9 nitrogen and oxygen atoms in total. The van der Waals surface area contributed by atoms with E-state index in [4.69, 9.17) is 14.7 Å². The molecule has 0 radical (unpaired) electrons. The lowest BCUT2D eigenvalue weighted by molar-refractivity contribution is 0.0984. The van der Waals surface area contributed by atoms with Crippen LogP contribution in [0, 0.1) is 0 Å². The van der Waals surface area contributed by atoms with Crippen LogP contribution in [0.4, 0.5) is 16.3 Å². The van der Waals surface area contributed by atoms with Crippen molar-refractivity contribution in [2.24, 2.45) is 0 Å². The van der Waals surface area contributed by atoms with Gasteiger partial charge in [0.05, 0.1) is 36.0 Å². The molecule has 2 amide bonds. The first-order valence-electron chi connectivity index (χ1n) is 11.0. The van der Waals surface area contributed by atoms with Gasteiger partial charge in [0.25, 0.3) is 0 Å². The van der Waals surface area contributed by atoms with E-state index in [0.717, 1.165) is 29.8 Å². The van der Waals surface area contributed by atoms with E-state index < -0.39 is 15.8 Å². The van der Waals surface area contributed by atoms with Crippen molar-refractivity contribution in [2.45, 2.75) is 49.8 Å². The normalized spacial score (nSPS) is 25.2. The molecular weight excluding hydrogens is 430 g/mol. The van der Waals surface area contributed by atoms with Gasteiger partial charge in [0.1, 0.15) is 5.82 Å². The lowest BCUT2D eigenvalue weighted by Crippen LogP contribution is -2.44. The highest BCUT2D eigenvalue weighted by Crippen LogP contribution is 2.63. The average molecular weight is 460 g/mol. The Labute approximate surface area is 188 Å². The minimum atomic E-state index is -2.80. The molecule has 172 valence electrons. The van der Waals surface area contributed by atoms with Gasteiger partial charge in [-0.05, 0) is 51.0 Å². The first-order valence-corrected chi connectivity index (χ1v) is 12.8. The quantitative estimate of drug-likeness (QED) is 0.546. The zero-order valence-corrected chi connectivity index (χ0v) is 19.1. The van der Waals surface area contributed by atoms with E-state index in [1.807, 2.05) is 31.2 Å². The lowest BCUT2D eigenvalue weighted by atomic mass is 10.1. The summed E-state index contributed by atoms with van der Waals surface area (Å²) in [7, 11) is -2.80. The van der Waals surface area contributed by atoms with Crippen LogP contribution >= 0.6 is 10.6 Å². The SMILES string of the molecule is CC1COCCN1c1nc(-c2ccc(NC(=O)NC3CC3)cc2)nc2c1CS(O)(O)C2C. The minimum absolute atomic E-state index is 0.129. The first-order chi connectivity index (χ1) is 15.3. The second-order valence-electron chi connectivity index (χ2n) is 8.81. The van der Waals surface area contributed by atoms with E-state index in [-0.39, 0.29) is 17.8 Å². The average Bonchev–Trinajstić information content (AvgIpc) is 3.54. The summed E-state index contributed by atoms with van der Waals surface area (Å²) in [6.07, 6.45) is 2.07. The molecule has 2 aliphatic heterocycles. The molecule has 10 heteroatoms. The molecular formula is C22H29N5O4S. The van der Waals surface area contributed by atoms with Crippen LogP contribution in [0.15, 0.2) is 24.3 Å². The van der Waals surface area contributed by atoms with Gasteiger partial charge in [0, 0.05) is 29.4 Å². The number of nitrogens with zero attached hydrogens (tertiary/aromatic N) is 3. The van der Waals surface area contributed by atoms with Crippen molar-refractivity contribution in [3.8, 4) is 11.4 Å². The van der Waals surface area contributed by atoms with Gasteiger partial charge in [-0.1, -0.05) is 0 Å². The van der Waals surface area contributed by atoms with Gasteiger partial charge >= 0.3 is 6.03 Å². The van der Waals surface area contributed by atoms with E-state index in [2.05, 4.69) is 22.5 Å². The van der Waals surface area contributed by atoms with E-state index in [0.29, 0.717) is 43.0 Å². The Morgan fingerprint density at radius 1 is 1.19 bits per heavy atom. The molecule has 4 N–H and O–H groups in total. The number of ether oxygens (including phenoxy) is 1. The van der Waals surface area contributed by atoms with Gasteiger partial charge in [-0.25, -0.2) is 14.8 Å². The van der Waals surface area contributed by atoms with Crippen molar-refractivity contribution in [3.63, 3.8) is 0 Å². The largest absolute Gasteiger partial charge is 0.377 e. The van der Waals surface area contributed by atoms with Crippen LogP contribution in [0.25, 0.3) is 11.4 Å². The lowest BCUT2D eigenvalue weighted by Gasteiger charge is -2.35. The molecule has 3 aliphatic rings. The third-order valence-corrected chi connectivity index (χ3v) is 8.35. The maximum absolute atomic E-state index is 12.0. The molecule has 1 saturated heterocycles. The summed E-state index contributed by atoms with van der Waals surface area (Å²) in [5, 5.41) is 5.30. The molecule has 3 heterocycles. The third-order valence-electron chi connectivity index (χ3n) is 6.28. The number of hydrogen-bond acceptors (Lipinski definition) is 7. The van der Waals surface area contributed by atoms with E-state index in [1.165, 1.54) is 0 Å². The zero-order valence-electron chi connectivity index (χ0n) is 18.2. The topological polar surface area (TPSA) is 120 Å². The number of aromatic nitrogens is 2. The van der Waals surface area contributed by atoms with Crippen LogP contribution in [-0.4, -0.2) is 56.9 Å². The molecule has 2 fully saturated rings. The molecule has 0 bridgehead atoms. The van der Waals surface area contributed by atoms with Gasteiger partial charge in [0.2, 0.25) is 0 Å². The van der Waals surface area contributed by atoms with Crippen molar-refractivity contribution in [1.29, 1.82) is 0 Å². The van der Waals surface area contributed by atoms with Gasteiger partial charge < -0.3 is 20.3 Å². The Bertz CT molecular complexity index is 1030. The predicted octanol–water partition coefficient (Wildman–Crippen LogP) is 3.98. The summed E-state index contributed by atoms with van der Waals surface area (Å²) >= 11 is 0. The number of amides is 2. The van der Waals surface area contributed by atoms with E-state index in [1.54, 1.807) is 0 Å². The van der Waals surface area contributed by atoms with Gasteiger partial charge in [-0.3, -0.25) is 9.11 Å². The molecule has 32 heavy (non-hydrogen) atoms. The highest BCUT2D eigenvalue weighted by Gasteiger charge is 2.39. The van der Waals surface area contributed by atoms with Crippen LogP contribution in [0.1, 0.15) is 43.2 Å². The van der Waals surface area contributed by atoms with Crippen molar-refractivity contribution >= 4 is 28.1 Å². The summed E-state index contributed by atoms with van der Waals surface area (Å²) in [6, 6.07) is 7.63. The summed E-state index contributed by atoms with van der Waals surface area (Å²) in [5.74, 6) is 1.48. The van der Waals surface area contributed by atoms with Crippen LogP contribution in [0.2, 0.25) is 0 Å². The van der Waals surface area contributed by atoms with Gasteiger partial charge in [-0.15, -0.1) is 0 Å². The standard InChI is InChI=1S/C22H29N5O4S/c1-13-11-31-10-9-27(13)21-18-12-32(29,30)14(2)19(18)25-20(26-21)15-3-5-16(6-4-15)23-22(28)24-17-7-8-17/h3-6,13-14,17,29-30H,7-12H2,1-2H3,(H2,23,24,28). The van der Waals surface area contributed by atoms with Crippen molar-refractivity contribution < 1.29 is 18.6 Å². The summed E-state index contributed by atoms with van der Waals surface area (Å²) in [6.45, 7) is 5.79. The molecule has 0 spiro atoms. The number of carbonyl (C=O) groups excluding carboxylic acids is 1. The Morgan fingerprint density at radius 2 is 1.94 bits per heavy atom. The zero-order chi connectivity index (χ0) is 22.5. The number of rotatable bonds is 4. The molecule has 1 aromatic carbocycles. The monoisotopic (exact) mass is 459 g/mol. The van der Waals surface area contributed by atoms with Crippen LogP contribution < -0.4 is 15.5 Å². The summed E-state index contributed by atoms with van der Waals surface area (Å²) < 4.78 is 26.8. The number of nitrogens with one attached hydrogen (secondary N) is 2. The number of carbonyl (C=O) groups is 1. The third kappa shape index (κ3) is 4.15. The predicted molar refractivity (Wildman–Crippen MR) is 125 cm³/mol. The molecule has 2 aromatic rings. The van der Waals surface area contributed by atoms with Gasteiger partial charge in [0.15, 0.2) is 5.82 Å². The van der Waals surface area contributed by atoms with Crippen molar-refractivity contribution in [3.05, 3.63) is 35.5 Å². The number of morpholine rings is 1. The van der Waals surface area contributed by atoms with Crippen LogP contribution in [-0.2, 0) is 10.5 Å². The number of urea groups is 1. The molecule has 2 unspecified atom stereocenters. The van der Waals surface area contributed by atoms with Crippen molar-refractivity contribution in [1.82, 2.24) is 15.3 Å². The Morgan fingerprint density at radius 3 is 2.62 bits per heavy atom. The van der Waals surface area contributed by atoms with Crippen molar-refractivity contribution in [2.75, 3.05) is 30.0 Å². The second kappa shape index (κ2) is 8.18. The number of fused-ring (bicyclic) bond motifs is 1. The molecule has 2 atom stereocenters. The fourth-order valence-corrected chi connectivity index (χ4v) is 5.68. The Balaban J connectivity index is 1.47. The van der Waals surface area contributed by atoms with Crippen LogP contribution in [0.3, 0.4) is 0 Å². The van der Waals surface area contributed by atoms with E-state index >= 15 is 0 Å². The highest BCUT2D eigenvalue weighted by molar-refractivity contribution is 8.24. The van der Waals surface area contributed by atoms with Crippen LogP contribution in [0.5, 0.6) is 0 Å². The second-order valence-corrected chi connectivity index (χ2v) is 11.2. The molecule has 5 rings (SSSR count). The number of hydrogen-bond donors (Lipinski definition) is 4. The summed E-state index contributed by atoms with van der Waals surface area (Å²) in [4.78, 5) is 23.8. The number of anilines is 2. The smallest absolute Gasteiger partial charge is 0.319 e. The Kier molecular flexibility index (Phi) is 5.48. The molecule has 1 aromatic heterocycles. The summed E-state index contributed by atoms with van der Waals surface area (Å²) in [5.41, 5.74) is 3.02. The van der Waals surface area contributed by atoms with Gasteiger partial charge in [-0.2, -0.15) is 10.6 Å². The maximum atomic E-state index is 12.0. The fraction of sp³-hybridized carbons (Fsp3) is 0.500. The van der Waals surface area contributed by atoms with E-state index in [9.17, 15) is 13.9 Å². The molecule has 1 saturated carbocycles. The fourth-order valence-electron chi connectivity index (χ4n) is 4.17. The Hall–Kier alpha value is -2.40. The minimum Gasteiger partial charge on any atom is -0.377 e.